The number of benzene rings is 1. The summed E-state index contributed by atoms with van der Waals surface area (Å²) in [5.74, 6) is 0. The molecular formula is C14H13N2+. The minimum absolute atomic E-state index is 0.946. The van der Waals surface area contributed by atoms with Gasteiger partial charge in [-0.05, 0) is 17.7 Å². The van der Waals surface area contributed by atoms with Gasteiger partial charge in [-0.25, -0.2) is 9.38 Å². The molecule has 78 valence electrons. The molecule has 0 aliphatic carbocycles. The molecule has 0 radical (unpaired) electrons. The highest BCUT2D eigenvalue weighted by atomic mass is 15.0. The van der Waals surface area contributed by atoms with Gasteiger partial charge >= 0.3 is 0 Å². The predicted octanol–water partition coefficient (Wildman–Crippen LogP) is 2.34. The number of aromatic amines is 1. The average molecular weight is 209 g/mol. The van der Waals surface area contributed by atoms with Crippen molar-refractivity contribution in [3.63, 3.8) is 0 Å². The normalized spacial score (nSPS) is 10.8. The molecule has 0 bridgehead atoms. The predicted molar refractivity (Wildman–Crippen MR) is 63.2 cm³/mol. The van der Waals surface area contributed by atoms with Crippen LogP contribution in [0, 0.1) is 0 Å². The Bertz CT molecular complexity index is 596. The lowest BCUT2D eigenvalue weighted by atomic mass is 10.1. The Kier molecular flexibility index (Phi) is 2.18. The van der Waals surface area contributed by atoms with Crippen molar-refractivity contribution >= 4 is 5.52 Å². The summed E-state index contributed by atoms with van der Waals surface area (Å²) in [6, 6.07) is 16.7. The molecule has 3 aromatic rings. The van der Waals surface area contributed by atoms with Gasteiger partial charge in [-0.1, -0.05) is 36.4 Å². The monoisotopic (exact) mass is 209 g/mol. The van der Waals surface area contributed by atoms with Crippen LogP contribution in [0.2, 0.25) is 0 Å². The SMILES string of the molecule is c1ccc(Cc2[nH]c[n+]3ccccc23)cc1. The van der Waals surface area contributed by atoms with Crippen LogP contribution in [0.25, 0.3) is 5.52 Å². The molecule has 2 nitrogen and oxygen atoms in total. The van der Waals surface area contributed by atoms with Gasteiger partial charge in [0.15, 0.2) is 11.2 Å². The number of pyridine rings is 1. The lowest BCUT2D eigenvalue weighted by Gasteiger charge is -1.95. The zero-order valence-electron chi connectivity index (χ0n) is 8.93. The van der Waals surface area contributed by atoms with Crippen LogP contribution in [-0.2, 0) is 6.42 Å². The molecule has 1 aromatic carbocycles. The van der Waals surface area contributed by atoms with Crippen molar-refractivity contribution in [1.29, 1.82) is 0 Å². The maximum atomic E-state index is 3.33. The van der Waals surface area contributed by atoms with Crippen molar-refractivity contribution in [2.24, 2.45) is 0 Å². The molecule has 0 atom stereocenters. The molecule has 0 unspecified atom stereocenters. The molecule has 0 spiro atoms. The van der Waals surface area contributed by atoms with Crippen LogP contribution in [0.1, 0.15) is 11.3 Å². The van der Waals surface area contributed by atoms with Crippen LogP contribution >= 0.6 is 0 Å². The van der Waals surface area contributed by atoms with Gasteiger partial charge in [-0.15, -0.1) is 0 Å². The average Bonchev–Trinajstić information content (AvgIpc) is 2.74. The second-order valence-electron chi connectivity index (χ2n) is 3.91. The summed E-state index contributed by atoms with van der Waals surface area (Å²) >= 11 is 0. The molecule has 0 fully saturated rings. The number of nitrogens with zero attached hydrogens (tertiary/aromatic N) is 1. The Hall–Kier alpha value is -2.09. The highest BCUT2D eigenvalue weighted by Gasteiger charge is 2.09. The third-order valence-electron chi connectivity index (χ3n) is 2.80. The molecule has 3 rings (SSSR count). The van der Waals surface area contributed by atoms with Gasteiger partial charge in [-0.3, -0.25) is 0 Å². The van der Waals surface area contributed by atoms with Gasteiger partial charge in [0.1, 0.15) is 0 Å². The van der Waals surface area contributed by atoms with E-state index in [0.717, 1.165) is 6.42 Å². The van der Waals surface area contributed by atoms with E-state index in [1.807, 2.05) is 18.5 Å². The lowest BCUT2D eigenvalue weighted by Crippen LogP contribution is -2.16. The molecular weight excluding hydrogens is 196 g/mol. The first kappa shape index (κ1) is 9.16. The fourth-order valence-corrected chi connectivity index (χ4v) is 1.99. The first-order valence-corrected chi connectivity index (χ1v) is 5.44. The van der Waals surface area contributed by atoms with E-state index < -0.39 is 0 Å². The van der Waals surface area contributed by atoms with E-state index >= 15 is 0 Å². The van der Waals surface area contributed by atoms with E-state index in [9.17, 15) is 0 Å². The van der Waals surface area contributed by atoms with Crippen LogP contribution in [0.5, 0.6) is 0 Å². The first-order chi connectivity index (χ1) is 7.93. The highest BCUT2D eigenvalue weighted by Crippen LogP contribution is 2.10. The molecule has 2 heteroatoms. The standard InChI is InChI=1S/C14H12N2/c1-2-6-12(7-3-1)10-13-14-8-4-5-9-16(14)11-15-13/h1-9,11H,10H2/p+1. The number of aromatic nitrogens is 2. The first-order valence-electron chi connectivity index (χ1n) is 5.44. The van der Waals surface area contributed by atoms with Crippen molar-refractivity contribution in [1.82, 2.24) is 4.98 Å². The van der Waals surface area contributed by atoms with Gasteiger partial charge in [0.05, 0.1) is 6.20 Å². The van der Waals surface area contributed by atoms with Crippen LogP contribution < -0.4 is 4.40 Å². The van der Waals surface area contributed by atoms with E-state index in [1.165, 1.54) is 16.8 Å². The van der Waals surface area contributed by atoms with E-state index in [-0.39, 0.29) is 0 Å². The van der Waals surface area contributed by atoms with Gasteiger partial charge in [0.25, 0.3) is 0 Å². The van der Waals surface area contributed by atoms with Gasteiger partial charge in [0.2, 0.25) is 6.33 Å². The van der Waals surface area contributed by atoms with Gasteiger partial charge in [-0.2, -0.15) is 0 Å². The Morgan fingerprint density at radius 2 is 1.75 bits per heavy atom. The van der Waals surface area contributed by atoms with Crippen molar-refractivity contribution in [3.05, 3.63) is 72.3 Å². The van der Waals surface area contributed by atoms with Crippen LogP contribution in [0.15, 0.2) is 61.1 Å². The van der Waals surface area contributed by atoms with Crippen LogP contribution in [0.3, 0.4) is 0 Å². The second-order valence-corrected chi connectivity index (χ2v) is 3.91. The number of H-pyrrole nitrogens is 1. The Labute approximate surface area is 94.2 Å². The zero-order valence-corrected chi connectivity index (χ0v) is 8.93. The van der Waals surface area contributed by atoms with E-state index in [0.29, 0.717) is 0 Å². The smallest absolute Gasteiger partial charge is 0.246 e. The lowest BCUT2D eigenvalue weighted by molar-refractivity contribution is -0.511. The van der Waals surface area contributed by atoms with Crippen molar-refractivity contribution in [2.75, 3.05) is 0 Å². The fourth-order valence-electron chi connectivity index (χ4n) is 1.99. The van der Waals surface area contributed by atoms with Crippen LogP contribution in [-0.4, -0.2) is 4.98 Å². The minimum Gasteiger partial charge on any atom is -0.246 e. The number of rotatable bonds is 2. The molecule has 1 N–H and O–H groups in total. The number of fused-ring (bicyclic) bond motifs is 1. The Morgan fingerprint density at radius 3 is 2.62 bits per heavy atom. The Balaban J connectivity index is 2.01. The maximum absolute atomic E-state index is 3.33. The van der Waals surface area contributed by atoms with Gasteiger partial charge < -0.3 is 0 Å². The second kappa shape index (κ2) is 3.81. The molecule has 16 heavy (non-hydrogen) atoms. The summed E-state index contributed by atoms with van der Waals surface area (Å²) < 4.78 is 2.11. The molecule has 2 aromatic heterocycles. The molecule has 2 heterocycles. The fraction of sp³-hybridized carbons (Fsp3) is 0.0714. The molecule has 0 amide bonds. The molecule has 0 saturated carbocycles. The molecule has 0 aliphatic rings. The molecule has 0 saturated heterocycles. The summed E-state index contributed by atoms with van der Waals surface area (Å²) in [5, 5.41) is 0. The largest absolute Gasteiger partial charge is 0.246 e. The minimum atomic E-state index is 0.946. The van der Waals surface area contributed by atoms with E-state index in [2.05, 4.69) is 52.0 Å². The Morgan fingerprint density at radius 1 is 0.938 bits per heavy atom. The summed E-state index contributed by atoms with van der Waals surface area (Å²) in [6.07, 6.45) is 5.00. The van der Waals surface area contributed by atoms with Crippen molar-refractivity contribution in [2.45, 2.75) is 6.42 Å². The maximum Gasteiger partial charge on any atom is 0.246 e. The summed E-state index contributed by atoms with van der Waals surface area (Å²) in [6.45, 7) is 0. The number of nitrogens with one attached hydrogen (secondary N) is 1. The summed E-state index contributed by atoms with van der Waals surface area (Å²) in [4.78, 5) is 3.33. The van der Waals surface area contributed by atoms with E-state index in [1.54, 1.807) is 0 Å². The third-order valence-corrected chi connectivity index (χ3v) is 2.80. The zero-order chi connectivity index (χ0) is 10.8. The van der Waals surface area contributed by atoms with Crippen LogP contribution in [0.4, 0.5) is 0 Å². The summed E-state index contributed by atoms with van der Waals surface area (Å²) in [7, 11) is 0. The van der Waals surface area contributed by atoms with Crippen molar-refractivity contribution < 1.29 is 4.40 Å². The van der Waals surface area contributed by atoms with Gasteiger partial charge in [0, 0.05) is 6.42 Å². The third kappa shape index (κ3) is 1.58. The number of hydrogen-bond acceptors (Lipinski definition) is 0. The summed E-state index contributed by atoms with van der Waals surface area (Å²) in [5.41, 5.74) is 3.83. The van der Waals surface area contributed by atoms with Crippen molar-refractivity contribution in [3.8, 4) is 0 Å². The topological polar surface area (TPSA) is 19.9 Å². The number of imidazole rings is 1. The number of hydrogen-bond donors (Lipinski definition) is 1. The quantitative estimate of drug-likeness (QED) is 0.625. The highest BCUT2D eigenvalue weighted by molar-refractivity contribution is 5.46. The molecule has 0 aliphatic heterocycles. The van der Waals surface area contributed by atoms with E-state index in [4.69, 9.17) is 0 Å².